The molecule has 0 saturated carbocycles. The van der Waals surface area contributed by atoms with Crippen LogP contribution in [0.2, 0.25) is 0 Å². The van der Waals surface area contributed by atoms with Gasteiger partial charge in [0.2, 0.25) is 16.0 Å². The monoisotopic (exact) mass is 545 g/mol. The van der Waals surface area contributed by atoms with Crippen molar-refractivity contribution in [3.63, 3.8) is 0 Å². The van der Waals surface area contributed by atoms with E-state index in [-0.39, 0.29) is 47.0 Å². The maximum atomic E-state index is 13.7. The Kier molecular flexibility index (Phi) is 7.64. The Bertz CT molecular complexity index is 1300. The summed E-state index contributed by atoms with van der Waals surface area (Å²) in [5.74, 6) is 0.0232. The van der Waals surface area contributed by atoms with Crippen LogP contribution >= 0.6 is 11.3 Å². The van der Waals surface area contributed by atoms with Crippen LogP contribution in [0.4, 0.5) is 19.1 Å². The predicted octanol–water partition coefficient (Wildman–Crippen LogP) is 2.93. The van der Waals surface area contributed by atoms with Gasteiger partial charge >= 0.3 is 6.18 Å². The van der Waals surface area contributed by atoms with Crippen molar-refractivity contribution < 1.29 is 26.7 Å². The van der Waals surface area contributed by atoms with Crippen molar-refractivity contribution in [3.05, 3.63) is 35.4 Å². The molecule has 4 heterocycles. The zero-order valence-electron chi connectivity index (χ0n) is 19.6. The summed E-state index contributed by atoms with van der Waals surface area (Å²) in [5.41, 5.74) is -1.26. The lowest BCUT2D eigenvalue weighted by atomic mass is 10.1. The number of nitrogens with one attached hydrogen (secondary N) is 1. The van der Waals surface area contributed by atoms with Gasteiger partial charge in [-0.2, -0.15) is 22.6 Å². The third-order valence-corrected chi connectivity index (χ3v) is 8.75. The minimum atomic E-state index is -4.66. The second-order valence-electron chi connectivity index (χ2n) is 8.51. The SMILES string of the molecule is CCC(O)Cc1ncc(-c2nc(NC3CCN(S(=O)(=O)c4cnn(C)c4)CC3)ncc2C(F)(F)F)s1. The van der Waals surface area contributed by atoms with Gasteiger partial charge in [0.05, 0.1) is 27.9 Å². The highest BCUT2D eigenvalue weighted by molar-refractivity contribution is 7.89. The Morgan fingerprint density at radius 3 is 2.56 bits per heavy atom. The van der Waals surface area contributed by atoms with Gasteiger partial charge in [-0.05, 0) is 19.3 Å². The first-order chi connectivity index (χ1) is 17.0. The summed E-state index contributed by atoms with van der Waals surface area (Å²) in [7, 11) is -2.03. The van der Waals surface area contributed by atoms with Gasteiger partial charge in [-0.25, -0.2) is 23.4 Å². The summed E-state index contributed by atoms with van der Waals surface area (Å²) in [6, 6.07) is -0.216. The molecule has 1 atom stereocenters. The molecule has 0 spiro atoms. The number of alkyl halides is 3. The molecule has 1 aliphatic rings. The number of aliphatic hydroxyl groups excluding tert-OH is 1. The lowest BCUT2D eigenvalue weighted by molar-refractivity contribution is -0.137. The molecule has 0 aliphatic carbocycles. The van der Waals surface area contributed by atoms with Crippen molar-refractivity contribution in [2.75, 3.05) is 18.4 Å². The van der Waals surface area contributed by atoms with E-state index in [0.29, 0.717) is 24.3 Å². The van der Waals surface area contributed by atoms with E-state index in [1.54, 1.807) is 7.05 Å². The zero-order valence-corrected chi connectivity index (χ0v) is 21.2. The fourth-order valence-electron chi connectivity index (χ4n) is 3.81. The molecule has 0 aromatic carbocycles. The van der Waals surface area contributed by atoms with E-state index in [1.165, 1.54) is 27.6 Å². The molecule has 2 N–H and O–H groups in total. The van der Waals surface area contributed by atoms with Gasteiger partial charge in [0.1, 0.15) is 10.5 Å². The van der Waals surface area contributed by atoms with E-state index in [9.17, 15) is 26.7 Å². The molecule has 0 bridgehead atoms. The first-order valence-corrected chi connectivity index (χ1v) is 13.6. The molecule has 3 aromatic heterocycles. The topological polar surface area (TPSA) is 126 Å². The molecule has 36 heavy (non-hydrogen) atoms. The Morgan fingerprint density at radius 2 is 1.94 bits per heavy atom. The third-order valence-electron chi connectivity index (χ3n) is 5.87. The van der Waals surface area contributed by atoms with E-state index < -0.39 is 27.9 Å². The number of sulfonamides is 1. The van der Waals surface area contributed by atoms with Crippen LogP contribution in [0.5, 0.6) is 0 Å². The first-order valence-electron chi connectivity index (χ1n) is 11.3. The number of thiazole rings is 1. The van der Waals surface area contributed by atoms with E-state index >= 15 is 0 Å². The van der Waals surface area contributed by atoms with Crippen molar-refractivity contribution in [3.8, 4) is 10.6 Å². The molecule has 196 valence electrons. The summed E-state index contributed by atoms with van der Waals surface area (Å²) in [6.07, 6.45) is 1.13. The number of aromatic nitrogens is 5. The summed E-state index contributed by atoms with van der Waals surface area (Å²) >= 11 is 1.05. The molecule has 0 amide bonds. The van der Waals surface area contributed by atoms with Crippen LogP contribution in [-0.2, 0) is 29.7 Å². The number of halogens is 3. The largest absolute Gasteiger partial charge is 0.420 e. The number of piperidine rings is 1. The number of anilines is 1. The highest BCUT2D eigenvalue weighted by atomic mass is 32.2. The van der Waals surface area contributed by atoms with Crippen LogP contribution in [0.3, 0.4) is 0 Å². The van der Waals surface area contributed by atoms with Gasteiger partial charge < -0.3 is 10.4 Å². The maximum absolute atomic E-state index is 13.7. The second kappa shape index (κ2) is 10.4. The number of hydrogen-bond donors (Lipinski definition) is 2. The van der Waals surface area contributed by atoms with E-state index in [0.717, 1.165) is 17.5 Å². The minimum absolute atomic E-state index is 0.0232. The fraction of sp³-hybridized carbons (Fsp3) is 0.524. The van der Waals surface area contributed by atoms with E-state index in [4.69, 9.17) is 0 Å². The average Bonchev–Trinajstić information content (AvgIpc) is 3.48. The average molecular weight is 546 g/mol. The lowest BCUT2D eigenvalue weighted by Gasteiger charge is -2.31. The summed E-state index contributed by atoms with van der Waals surface area (Å²) < 4.78 is 69.4. The lowest BCUT2D eigenvalue weighted by Crippen LogP contribution is -2.42. The van der Waals surface area contributed by atoms with Gasteiger partial charge in [0.25, 0.3) is 0 Å². The minimum Gasteiger partial charge on any atom is -0.393 e. The molecule has 1 aliphatic heterocycles. The van der Waals surface area contributed by atoms with Crippen molar-refractivity contribution in [2.24, 2.45) is 7.05 Å². The van der Waals surface area contributed by atoms with Crippen molar-refractivity contribution in [2.45, 2.75) is 55.8 Å². The number of nitrogens with zero attached hydrogens (tertiary/aromatic N) is 6. The van der Waals surface area contributed by atoms with E-state index in [2.05, 4.69) is 25.4 Å². The number of rotatable bonds is 8. The number of aliphatic hydroxyl groups is 1. The quantitative estimate of drug-likeness (QED) is 0.443. The van der Waals surface area contributed by atoms with Crippen LogP contribution in [-0.4, -0.2) is 67.8 Å². The Morgan fingerprint density at radius 1 is 1.22 bits per heavy atom. The molecular weight excluding hydrogens is 519 g/mol. The molecule has 10 nitrogen and oxygen atoms in total. The standard InChI is InChI=1S/C21H26F3N7O3S2/c1-3-14(32)8-18-25-11-17(35-18)19-16(21(22,23)24)10-26-20(29-19)28-13-4-6-31(7-5-13)36(33,34)15-9-27-30(2)12-15/h9-14,32H,3-8H2,1-2H3,(H,26,28,29). The summed E-state index contributed by atoms with van der Waals surface area (Å²) in [6.45, 7) is 2.28. The Balaban J connectivity index is 1.49. The highest BCUT2D eigenvalue weighted by Crippen LogP contribution is 2.38. The molecule has 4 rings (SSSR count). The molecule has 0 radical (unpaired) electrons. The Hall–Kier alpha value is -2.62. The van der Waals surface area contributed by atoms with Crippen molar-refractivity contribution in [1.82, 2.24) is 29.0 Å². The molecule has 3 aromatic rings. The van der Waals surface area contributed by atoms with Gasteiger partial charge in [-0.3, -0.25) is 4.68 Å². The second-order valence-corrected chi connectivity index (χ2v) is 11.6. The van der Waals surface area contributed by atoms with Crippen LogP contribution in [0.1, 0.15) is 36.8 Å². The predicted molar refractivity (Wildman–Crippen MR) is 127 cm³/mol. The van der Waals surface area contributed by atoms with Crippen molar-refractivity contribution >= 4 is 27.3 Å². The smallest absolute Gasteiger partial charge is 0.393 e. The molecule has 1 saturated heterocycles. The highest BCUT2D eigenvalue weighted by Gasteiger charge is 2.36. The summed E-state index contributed by atoms with van der Waals surface area (Å²) in [5, 5.41) is 17.3. The van der Waals surface area contributed by atoms with Crippen LogP contribution in [0.15, 0.2) is 29.7 Å². The molecular formula is C21H26F3N7O3S2. The first kappa shape index (κ1) is 26.4. The van der Waals surface area contributed by atoms with Gasteiger partial charge in [-0.1, -0.05) is 6.92 Å². The van der Waals surface area contributed by atoms with Crippen molar-refractivity contribution in [1.29, 1.82) is 0 Å². The maximum Gasteiger partial charge on any atom is 0.420 e. The van der Waals surface area contributed by atoms with Gasteiger partial charge in [0, 0.05) is 51.2 Å². The summed E-state index contributed by atoms with van der Waals surface area (Å²) in [4.78, 5) is 12.5. The number of aryl methyl sites for hydroxylation is 1. The number of hydrogen-bond acceptors (Lipinski definition) is 9. The third kappa shape index (κ3) is 5.85. The zero-order chi connectivity index (χ0) is 26.1. The molecule has 1 unspecified atom stereocenters. The fourth-order valence-corrected chi connectivity index (χ4v) is 6.26. The normalized spacial score (nSPS) is 16.8. The van der Waals surface area contributed by atoms with E-state index in [1.807, 2.05) is 6.92 Å². The van der Waals surface area contributed by atoms with Crippen LogP contribution in [0, 0.1) is 0 Å². The molecule has 1 fully saturated rings. The molecule has 15 heteroatoms. The van der Waals surface area contributed by atoms with Crippen LogP contribution in [0.25, 0.3) is 10.6 Å². The Labute approximate surface area is 210 Å². The van der Waals surface area contributed by atoms with Gasteiger partial charge in [0.15, 0.2) is 0 Å². The van der Waals surface area contributed by atoms with Gasteiger partial charge in [-0.15, -0.1) is 11.3 Å². The van der Waals surface area contributed by atoms with Crippen LogP contribution < -0.4 is 5.32 Å².